The molecule has 5 nitrogen and oxygen atoms in total. The summed E-state index contributed by atoms with van der Waals surface area (Å²) in [6.07, 6.45) is 3.71. The molecule has 20 heavy (non-hydrogen) atoms. The Morgan fingerprint density at radius 1 is 1.50 bits per heavy atom. The summed E-state index contributed by atoms with van der Waals surface area (Å²) in [4.78, 5) is 17.8. The summed E-state index contributed by atoms with van der Waals surface area (Å²) in [5, 5.41) is 8.69. The number of ether oxygens (including phenoxy) is 1. The third-order valence-electron chi connectivity index (χ3n) is 2.57. The topological polar surface area (TPSA) is 66.2 Å². The molecule has 0 atom stereocenters. The quantitative estimate of drug-likeness (QED) is 0.797. The highest BCUT2D eigenvalue weighted by Crippen LogP contribution is 2.09. The van der Waals surface area contributed by atoms with E-state index in [4.69, 9.17) is 10.00 Å². The van der Waals surface area contributed by atoms with Crippen molar-refractivity contribution < 1.29 is 9.53 Å². The molecule has 0 radical (unpaired) electrons. The SMILES string of the molecule is CC(C)(C)OCC(=O)N(CCC#N)Cc1cccnc1. The van der Waals surface area contributed by atoms with E-state index in [-0.39, 0.29) is 18.1 Å². The predicted molar refractivity (Wildman–Crippen MR) is 75.6 cm³/mol. The first kappa shape index (κ1) is 16.1. The Hall–Kier alpha value is -1.93. The van der Waals surface area contributed by atoms with Gasteiger partial charge in [0.25, 0.3) is 0 Å². The molecule has 1 aromatic heterocycles. The van der Waals surface area contributed by atoms with Gasteiger partial charge in [-0.25, -0.2) is 0 Å². The highest BCUT2D eigenvalue weighted by molar-refractivity contribution is 5.77. The van der Waals surface area contributed by atoms with Crippen molar-refractivity contribution in [2.75, 3.05) is 13.2 Å². The lowest BCUT2D eigenvalue weighted by atomic mass is 10.2. The lowest BCUT2D eigenvalue weighted by Crippen LogP contribution is -2.36. The molecule has 0 aromatic carbocycles. The Labute approximate surface area is 120 Å². The molecule has 1 rings (SSSR count). The van der Waals surface area contributed by atoms with Crippen molar-refractivity contribution in [2.24, 2.45) is 0 Å². The summed E-state index contributed by atoms with van der Waals surface area (Å²) in [7, 11) is 0. The van der Waals surface area contributed by atoms with Gasteiger partial charge < -0.3 is 9.64 Å². The summed E-state index contributed by atoms with van der Waals surface area (Å²) in [5.74, 6) is -0.112. The molecule has 0 unspecified atom stereocenters. The number of rotatable bonds is 6. The van der Waals surface area contributed by atoms with Gasteiger partial charge in [-0.05, 0) is 32.4 Å². The van der Waals surface area contributed by atoms with Crippen LogP contribution < -0.4 is 0 Å². The molecular formula is C15H21N3O2. The molecule has 108 valence electrons. The Morgan fingerprint density at radius 2 is 2.25 bits per heavy atom. The summed E-state index contributed by atoms with van der Waals surface area (Å²) in [5.41, 5.74) is 0.583. The lowest BCUT2D eigenvalue weighted by Gasteiger charge is -2.25. The average molecular weight is 275 g/mol. The van der Waals surface area contributed by atoms with Gasteiger partial charge in [0.2, 0.25) is 5.91 Å². The van der Waals surface area contributed by atoms with Gasteiger partial charge in [0.1, 0.15) is 6.61 Å². The third-order valence-corrected chi connectivity index (χ3v) is 2.57. The number of hydrogen-bond donors (Lipinski definition) is 0. The largest absolute Gasteiger partial charge is 0.366 e. The van der Waals surface area contributed by atoms with Crippen molar-refractivity contribution in [3.63, 3.8) is 0 Å². The monoisotopic (exact) mass is 275 g/mol. The van der Waals surface area contributed by atoms with E-state index < -0.39 is 0 Å². The highest BCUT2D eigenvalue weighted by Gasteiger charge is 2.18. The van der Waals surface area contributed by atoms with Gasteiger partial charge in [-0.1, -0.05) is 6.07 Å². The van der Waals surface area contributed by atoms with Crippen LogP contribution in [0.4, 0.5) is 0 Å². The second-order valence-electron chi connectivity index (χ2n) is 5.49. The fraction of sp³-hybridized carbons (Fsp3) is 0.533. The molecule has 1 heterocycles. The van der Waals surface area contributed by atoms with Crippen molar-refractivity contribution in [1.29, 1.82) is 5.26 Å². The zero-order valence-corrected chi connectivity index (χ0v) is 12.3. The number of aromatic nitrogens is 1. The third kappa shape index (κ3) is 6.30. The zero-order chi connectivity index (χ0) is 15.0. The van der Waals surface area contributed by atoms with E-state index in [9.17, 15) is 4.79 Å². The Bertz CT molecular complexity index is 460. The van der Waals surface area contributed by atoms with Crippen LogP contribution in [-0.2, 0) is 16.1 Å². The molecule has 0 aliphatic heterocycles. The van der Waals surface area contributed by atoms with Gasteiger partial charge in [-0.3, -0.25) is 9.78 Å². The van der Waals surface area contributed by atoms with Crippen LogP contribution in [0.5, 0.6) is 0 Å². The second kappa shape index (κ2) is 7.61. The number of pyridine rings is 1. The number of hydrogen-bond acceptors (Lipinski definition) is 4. The lowest BCUT2D eigenvalue weighted by molar-refractivity contribution is -0.141. The first-order valence-electron chi connectivity index (χ1n) is 6.60. The van der Waals surface area contributed by atoms with Gasteiger partial charge in [-0.2, -0.15) is 5.26 Å². The van der Waals surface area contributed by atoms with Crippen molar-refractivity contribution in [3.05, 3.63) is 30.1 Å². The summed E-state index contributed by atoms with van der Waals surface area (Å²) >= 11 is 0. The molecule has 0 saturated carbocycles. The predicted octanol–water partition coefficient (Wildman–Crippen LogP) is 2.14. The minimum Gasteiger partial charge on any atom is -0.366 e. The van der Waals surface area contributed by atoms with E-state index in [1.165, 1.54) is 0 Å². The van der Waals surface area contributed by atoms with Crippen LogP contribution in [-0.4, -0.2) is 34.5 Å². The molecule has 1 amide bonds. The summed E-state index contributed by atoms with van der Waals surface area (Å²) in [6.45, 7) is 6.58. The molecule has 0 spiro atoms. The highest BCUT2D eigenvalue weighted by atomic mass is 16.5. The van der Waals surface area contributed by atoms with Crippen LogP contribution in [0.15, 0.2) is 24.5 Å². The standard InChI is InChI=1S/C15H21N3O2/c1-15(2,3)20-12-14(19)18(9-5-7-16)11-13-6-4-8-17-10-13/h4,6,8,10H,5,9,11-12H2,1-3H3. The molecule has 0 N–H and O–H groups in total. The molecule has 0 fully saturated rings. The van der Waals surface area contributed by atoms with Crippen LogP contribution in [0.1, 0.15) is 32.8 Å². The van der Waals surface area contributed by atoms with Crippen molar-refractivity contribution in [2.45, 2.75) is 39.3 Å². The molecule has 0 bridgehead atoms. The van der Waals surface area contributed by atoms with Crippen molar-refractivity contribution in [1.82, 2.24) is 9.88 Å². The molecule has 0 aliphatic rings. The van der Waals surface area contributed by atoms with Crippen molar-refractivity contribution in [3.8, 4) is 6.07 Å². The van der Waals surface area contributed by atoms with Gasteiger partial charge in [0.15, 0.2) is 0 Å². The van der Waals surface area contributed by atoms with E-state index in [0.717, 1.165) is 5.56 Å². The van der Waals surface area contributed by atoms with Gasteiger partial charge >= 0.3 is 0 Å². The van der Waals surface area contributed by atoms with Gasteiger partial charge in [-0.15, -0.1) is 0 Å². The smallest absolute Gasteiger partial charge is 0.248 e. The maximum absolute atomic E-state index is 12.2. The molecule has 1 aromatic rings. The first-order chi connectivity index (χ1) is 9.42. The van der Waals surface area contributed by atoms with Crippen LogP contribution in [0.25, 0.3) is 0 Å². The van der Waals surface area contributed by atoms with Crippen LogP contribution in [0.2, 0.25) is 0 Å². The average Bonchev–Trinajstić information content (AvgIpc) is 2.41. The zero-order valence-electron chi connectivity index (χ0n) is 12.3. The van der Waals surface area contributed by atoms with Crippen LogP contribution in [0, 0.1) is 11.3 Å². The van der Waals surface area contributed by atoms with Gasteiger partial charge in [0.05, 0.1) is 18.1 Å². The number of amides is 1. The summed E-state index contributed by atoms with van der Waals surface area (Å²) < 4.78 is 5.50. The Morgan fingerprint density at radius 3 is 2.80 bits per heavy atom. The molecule has 0 saturated heterocycles. The van der Waals surface area contributed by atoms with Crippen LogP contribution in [0.3, 0.4) is 0 Å². The first-order valence-corrected chi connectivity index (χ1v) is 6.60. The normalized spacial score (nSPS) is 10.9. The minimum atomic E-state index is -0.356. The molecular weight excluding hydrogens is 254 g/mol. The number of carbonyl (C=O) groups is 1. The van der Waals surface area contributed by atoms with E-state index in [2.05, 4.69) is 11.1 Å². The maximum Gasteiger partial charge on any atom is 0.248 e. The van der Waals surface area contributed by atoms with E-state index in [1.807, 2.05) is 32.9 Å². The maximum atomic E-state index is 12.2. The molecule has 0 aliphatic carbocycles. The van der Waals surface area contributed by atoms with Crippen molar-refractivity contribution >= 4 is 5.91 Å². The fourth-order valence-electron chi connectivity index (χ4n) is 1.56. The molecule has 5 heteroatoms. The van der Waals surface area contributed by atoms with E-state index >= 15 is 0 Å². The van der Waals surface area contributed by atoms with E-state index in [0.29, 0.717) is 19.5 Å². The fourth-order valence-corrected chi connectivity index (χ4v) is 1.56. The van der Waals surface area contributed by atoms with Gasteiger partial charge in [0, 0.05) is 25.5 Å². The summed E-state index contributed by atoms with van der Waals surface area (Å²) in [6, 6.07) is 5.80. The number of nitrogens with zero attached hydrogens (tertiary/aromatic N) is 3. The number of carbonyl (C=O) groups excluding carboxylic acids is 1. The number of nitriles is 1. The Kier molecular flexibility index (Phi) is 6.13. The van der Waals surface area contributed by atoms with Crippen LogP contribution >= 0.6 is 0 Å². The van der Waals surface area contributed by atoms with E-state index in [1.54, 1.807) is 17.3 Å². The Balaban J connectivity index is 2.64. The second-order valence-corrected chi connectivity index (χ2v) is 5.49. The minimum absolute atomic E-state index is 0.0230.